The first-order valence-corrected chi connectivity index (χ1v) is 7.39. The first-order valence-electron chi connectivity index (χ1n) is 7.39. The second-order valence-corrected chi connectivity index (χ2v) is 5.93. The van der Waals surface area contributed by atoms with E-state index in [0.29, 0.717) is 12.0 Å². The number of hydrogen-bond acceptors (Lipinski definition) is 2. The molecule has 0 saturated heterocycles. The van der Waals surface area contributed by atoms with Crippen LogP contribution in [-0.2, 0) is 6.42 Å². The molecule has 1 heterocycles. The Kier molecular flexibility index (Phi) is 4.83. The van der Waals surface area contributed by atoms with Gasteiger partial charge in [-0.25, -0.2) is 4.98 Å². The summed E-state index contributed by atoms with van der Waals surface area (Å²) >= 11 is 0. The highest BCUT2D eigenvalue weighted by molar-refractivity contribution is 5.30. The quantitative estimate of drug-likeness (QED) is 0.858. The number of imidazole rings is 1. The van der Waals surface area contributed by atoms with E-state index in [0.717, 1.165) is 24.6 Å². The SMILES string of the molecule is Cc1cn(C(C)Cc2ccccc2)c(NCC(C)C)n1. The van der Waals surface area contributed by atoms with E-state index in [1.807, 2.05) is 6.92 Å². The van der Waals surface area contributed by atoms with Crippen molar-refractivity contribution in [3.63, 3.8) is 0 Å². The monoisotopic (exact) mass is 271 g/mol. The number of nitrogens with one attached hydrogen (secondary N) is 1. The minimum atomic E-state index is 0.397. The lowest BCUT2D eigenvalue weighted by molar-refractivity contribution is 0.545. The summed E-state index contributed by atoms with van der Waals surface area (Å²) in [7, 11) is 0. The van der Waals surface area contributed by atoms with Gasteiger partial charge >= 0.3 is 0 Å². The van der Waals surface area contributed by atoms with Crippen LogP contribution in [0.25, 0.3) is 0 Å². The van der Waals surface area contributed by atoms with Gasteiger partial charge in [-0.1, -0.05) is 44.2 Å². The van der Waals surface area contributed by atoms with E-state index in [-0.39, 0.29) is 0 Å². The summed E-state index contributed by atoms with van der Waals surface area (Å²) in [4.78, 5) is 4.60. The Hall–Kier alpha value is -1.77. The maximum atomic E-state index is 4.60. The van der Waals surface area contributed by atoms with E-state index in [4.69, 9.17) is 0 Å². The fourth-order valence-corrected chi connectivity index (χ4v) is 2.33. The van der Waals surface area contributed by atoms with Crippen molar-refractivity contribution >= 4 is 5.95 Å². The molecule has 0 aliphatic rings. The highest BCUT2D eigenvalue weighted by atomic mass is 15.2. The van der Waals surface area contributed by atoms with Crippen LogP contribution in [0.3, 0.4) is 0 Å². The molecule has 1 atom stereocenters. The highest BCUT2D eigenvalue weighted by Gasteiger charge is 2.12. The number of aryl methyl sites for hydroxylation is 1. The first kappa shape index (κ1) is 14.6. The van der Waals surface area contributed by atoms with Crippen LogP contribution in [0.15, 0.2) is 36.5 Å². The molecule has 1 N–H and O–H groups in total. The molecule has 1 aromatic heterocycles. The van der Waals surface area contributed by atoms with Crippen molar-refractivity contribution in [2.45, 2.75) is 40.2 Å². The van der Waals surface area contributed by atoms with E-state index in [2.05, 4.69) is 72.2 Å². The van der Waals surface area contributed by atoms with Crippen molar-refractivity contribution in [3.8, 4) is 0 Å². The van der Waals surface area contributed by atoms with Crippen LogP contribution >= 0.6 is 0 Å². The molecule has 108 valence electrons. The lowest BCUT2D eigenvalue weighted by Gasteiger charge is -2.18. The average Bonchev–Trinajstić information content (AvgIpc) is 2.79. The lowest BCUT2D eigenvalue weighted by atomic mass is 10.1. The molecule has 0 bridgehead atoms. The molecule has 0 amide bonds. The summed E-state index contributed by atoms with van der Waals surface area (Å²) in [5.41, 5.74) is 2.43. The molecule has 0 aliphatic heterocycles. The Morgan fingerprint density at radius 1 is 1.15 bits per heavy atom. The number of nitrogens with zero attached hydrogens (tertiary/aromatic N) is 2. The van der Waals surface area contributed by atoms with E-state index in [1.54, 1.807) is 0 Å². The molecule has 0 radical (unpaired) electrons. The van der Waals surface area contributed by atoms with Gasteiger partial charge < -0.3 is 9.88 Å². The number of rotatable bonds is 6. The van der Waals surface area contributed by atoms with E-state index < -0.39 is 0 Å². The number of anilines is 1. The maximum absolute atomic E-state index is 4.60. The Morgan fingerprint density at radius 2 is 1.85 bits per heavy atom. The van der Waals surface area contributed by atoms with Gasteiger partial charge in [-0.2, -0.15) is 0 Å². The van der Waals surface area contributed by atoms with Gasteiger partial charge in [0.1, 0.15) is 0 Å². The Balaban J connectivity index is 2.10. The zero-order valence-electron chi connectivity index (χ0n) is 12.9. The van der Waals surface area contributed by atoms with Crippen LogP contribution < -0.4 is 5.32 Å². The molecule has 1 unspecified atom stereocenters. The topological polar surface area (TPSA) is 29.9 Å². The van der Waals surface area contributed by atoms with Crippen LogP contribution in [0, 0.1) is 12.8 Å². The summed E-state index contributed by atoms with van der Waals surface area (Å²) in [5, 5.41) is 3.45. The molecule has 3 nitrogen and oxygen atoms in total. The predicted molar refractivity (Wildman–Crippen MR) is 85.1 cm³/mol. The van der Waals surface area contributed by atoms with Gasteiger partial charge in [-0.15, -0.1) is 0 Å². The largest absolute Gasteiger partial charge is 0.355 e. The fraction of sp³-hybridized carbons (Fsp3) is 0.471. The minimum absolute atomic E-state index is 0.397. The smallest absolute Gasteiger partial charge is 0.203 e. The summed E-state index contributed by atoms with van der Waals surface area (Å²) < 4.78 is 2.25. The van der Waals surface area contributed by atoms with E-state index in [1.165, 1.54) is 5.56 Å². The molecule has 0 spiro atoms. The van der Waals surface area contributed by atoms with Crippen molar-refractivity contribution in [3.05, 3.63) is 47.8 Å². The van der Waals surface area contributed by atoms with Crippen molar-refractivity contribution in [2.75, 3.05) is 11.9 Å². The molecule has 2 rings (SSSR count). The van der Waals surface area contributed by atoms with Crippen molar-refractivity contribution in [1.29, 1.82) is 0 Å². The number of benzene rings is 1. The Labute approximate surface area is 122 Å². The molecule has 1 aromatic carbocycles. The van der Waals surface area contributed by atoms with E-state index >= 15 is 0 Å². The summed E-state index contributed by atoms with van der Waals surface area (Å²) in [6.07, 6.45) is 3.16. The van der Waals surface area contributed by atoms with Crippen molar-refractivity contribution in [2.24, 2.45) is 5.92 Å². The summed E-state index contributed by atoms with van der Waals surface area (Å²) in [6.45, 7) is 9.66. The third-order valence-corrected chi connectivity index (χ3v) is 3.37. The summed E-state index contributed by atoms with van der Waals surface area (Å²) in [6, 6.07) is 11.0. The Morgan fingerprint density at radius 3 is 2.50 bits per heavy atom. The second-order valence-electron chi connectivity index (χ2n) is 5.93. The van der Waals surface area contributed by atoms with Crippen molar-refractivity contribution < 1.29 is 0 Å². The highest BCUT2D eigenvalue weighted by Crippen LogP contribution is 2.20. The average molecular weight is 271 g/mol. The zero-order valence-corrected chi connectivity index (χ0v) is 12.9. The minimum Gasteiger partial charge on any atom is -0.355 e. The molecule has 0 aliphatic carbocycles. The van der Waals surface area contributed by atoms with Gasteiger partial charge in [0.2, 0.25) is 5.95 Å². The standard InChI is InChI=1S/C17H25N3/c1-13(2)11-18-17-19-14(3)12-20(17)15(4)10-16-8-6-5-7-9-16/h5-9,12-13,15H,10-11H2,1-4H3,(H,18,19). The van der Waals surface area contributed by atoms with Gasteiger partial charge in [-0.05, 0) is 31.7 Å². The first-order chi connectivity index (χ1) is 9.56. The molecule has 20 heavy (non-hydrogen) atoms. The molecular weight excluding hydrogens is 246 g/mol. The second kappa shape index (κ2) is 6.60. The normalized spacial score (nSPS) is 12.7. The third kappa shape index (κ3) is 3.86. The molecular formula is C17H25N3. The van der Waals surface area contributed by atoms with Crippen LogP contribution in [-0.4, -0.2) is 16.1 Å². The molecule has 0 saturated carbocycles. The number of hydrogen-bond donors (Lipinski definition) is 1. The van der Waals surface area contributed by atoms with Crippen LogP contribution in [0.2, 0.25) is 0 Å². The van der Waals surface area contributed by atoms with Crippen molar-refractivity contribution in [1.82, 2.24) is 9.55 Å². The molecule has 3 heteroatoms. The lowest BCUT2D eigenvalue weighted by Crippen LogP contribution is -2.15. The summed E-state index contributed by atoms with van der Waals surface area (Å²) in [5.74, 6) is 1.60. The van der Waals surface area contributed by atoms with Crippen LogP contribution in [0.4, 0.5) is 5.95 Å². The predicted octanol–water partition coefficient (Wildman–Crippen LogP) is 4.06. The van der Waals surface area contributed by atoms with Gasteiger partial charge in [0.25, 0.3) is 0 Å². The van der Waals surface area contributed by atoms with Gasteiger partial charge in [0.15, 0.2) is 0 Å². The molecule has 0 fully saturated rings. The van der Waals surface area contributed by atoms with Gasteiger partial charge in [0.05, 0.1) is 5.69 Å². The Bertz CT molecular complexity index is 528. The van der Waals surface area contributed by atoms with E-state index in [9.17, 15) is 0 Å². The third-order valence-electron chi connectivity index (χ3n) is 3.37. The van der Waals surface area contributed by atoms with Crippen LogP contribution in [0.1, 0.15) is 38.1 Å². The van der Waals surface area contributed by atoms with Gasteiger partial charge in [0, 0.05) is 18.8 Å². The number of aromatic nitrogens is 2. The fourth-order valence-electron chi connectivity index (χ4n) is 2.33. The van der Waals surface area contributed by atoms with Crippen LogP contribution in [0.5, 0.6) is 0 Å². The maximum Gasteiger partial charge on any atom is 0.203 e. The van der Waals surface area contributed by atoms with Gasteiger partial charge in [-0.3, -0.25) is 0 Å². The molecule has 2 aromatic rings. The zero-order chi connectivity index (χ0) is 14.5.